The number of nitrogens with zero attached hydrogens (tertiary/aromatic N) is 3. The summed E-state index contributed by atoms with van der Waals surface area (Å²) in [5, 5.41) is 7.55. The third-order valence-electron chi connectivity index (χ3n) is 4.65. The summed E-state index contributed by atoms with van der Waals surface area (Å²) < 4.78 is 12.6. The Bertz CT molecular complexity index is 1030. The second kappa shape index (κ2) is 5.59. The first-order valence-corrected chi connectivity index (χ1v) is 8.41. The number of hydrogen-bond donors (Lipinski definition) is 1. The Morgan fingerprint density at radius 3 is 2.96 bits per heavy atom. The van der Waals surface area contributed by atoms with Crippen molar-refractivity contribution in [1.82, 2.24) is 20.1 Å². The van der Waals surface area contributed by atoms with Gasteiger partial charge in [0.25, 0.3) is 5.91 Å². The van der Waals surface area contributed by atoms with E-state index in [0.717, 1.165) is 28.4 Å². The zero-order chi connectivity index (χ0) is 17.7. The molecule has 0 saturated carbocycles. The summed E-state index contributed by atoms with van der Waals surface area (Å²) in [5.41, 5.74) is 2.57. The quantitative estimate of drug-likeness (QED) is 0.786. The van der Waals surface area contributed by atoms with Crippen LogP contribution >= 0.6 is 0 Å². The van der Waals surface area contributed by atoms with E-state index in [1.54, 1.807) is 4.68 Å². The Hall–Kier alpha value is -3.35. The average molecular weight is 348 g/mol. The topological polar surface area (TPSA) is 78.3 Å². The van der Waals surface area contributed by atoms with Crippen LogP contribution in [0.15, 0.2) is 42.5 Å². The first kappa shape index (κ1) is 14.9. The highest BCUT2D eigenvalue weighted by Crippen LogP contribution is 2.34. The van der Waals surface area contributed by atoms with E-state index in [4.69, 9.17) is 9.47 Å². The van der Waals surface area contributed by atoms with Gasteiger partial charge < -0.3 is 14.8 Å². The van der Waals surface area contributed by atoms with Crippen molar-refractivity contribution in [2.75, 3.05) is 6.79 Å². The maximum absolute atomic E-state index is 12.2. The molecule has 2 aromatic carbocycles. The molecule has 0 bridgehead atoms. The number of rotatable bonds is 3. The minimum absolute atomic E-state index is 0.0449. The summed E-state index contributed by atoms with van der Waals surface area (Å²) in [6.45, 7) is 2.08. The summed E-state index contributed by atoms with van der Waals surface area (Å²) in [7, 11) is 0. The molecule has 1 atom stereocenters. The van der Waals surface area contributed by atoms with Gasteiger partial charge in [-0.25, -0.2) is 9.67 Å². The summed E-state index contributed by atoms with van der Waals surface area (Å²) in [6, 6.07) is 13.2. The predicted octanol–water partition coefficient (Wildman–Crippen LogP) is 2.33. The monoisotopic (exact) mass is 348 g/mol. The van der Waals surface area contributed by atoms with Crippen molar-refractivity contribution < 1.29 is 14.3 Å². The molecule has 0 saturated heterocycles. The van der Waals surface area contributed by atoms with Crippen LogP contribution in [0.3, 0.4) is 0 Å². The molecule has 0 radical (unpaired) electrons. The number of hydrogen-bond acceptors (Lipinski definition) is 5. The van der Waals surface area contributed by atoms with Crippen LogP contribution in [0.25, 0.3) is 5.69 Å². The molecule has 0 spiro atoms. The van der Waals surface area contributed by atoms with Gasteiger partial charge in [-0.1, -0.05) is 18.2 Å². The number of aromatic nitrogens is 3. The number of ether oxygens (including phenoxy) is 2. The van der Waals surface area contributed by atoms with E-state index in [0.29, 0.717) is 18.0 Å². The smallest absolute Gasteiger partial charge is 0.252 e. The number of nitrogens with one attached hydrogen (secondary N) is 1. The summed E-state index contributed by atoms with van der Waals surface area (Å²) >= 11 is 0. The summed E-state index contributed by atoms with van der Waals surface area (Å²) in [4.78, 5) is 16.7. The lowest BCUT2D eigenvalue weighted by molar-refractivity contribution is 0.0956. The van der Waals surface area contributed by atoms with Gasteiger partial charge in [-0.15, -0.1) is 0 Å². The summed E-state index contributed by atoms with van der Waals surface area (Å²) in [5.74, 6) is 2.83. The second-order valence-corrected chi connectivity index (χ2v) is 6.34. The fourth-order valence-corrected chi connectivity index (χ4v) is 3.48. The van der Waals surface area contributed by atoms with Gasteiger partial charge in [0.1, 0.15) is 11.6 Å². The van der Waals surface area contributed by atoms with E-state index in [9.17, 15) is 4.79 Å². The number of fused-ring (bicyclic) bond motifs is 2. The Labute approximate surface area is 149 Å². The largest absolute Gasteiger partial charge is 0.454 e. The van der Waals surface area contributed by atoms with Crippen LogP contribution < -0.4 is 14.8 Å². The van der Waals surface area contributed by atoms with E-state index < -0.39 is 0 Å². The van der Waals surface area contributed by atoms with Crippen molar-refractivity contribution in [2.24, 2.45) is 0 Å². The second-order valence-electron chi connectivity index (χ2n) is 6.34. The molecule has 7 nitrogen and oxygen atoms in total. The molecule has 1 N–H and O–H groups in total. The first-order valence-electron chi connectivity index (χ1n) is 8.41. The molecular weight excluding hydrogens is 332 g/mol. The maximum atomic E-state index is 12.2. The molecule has 7 heteroatoms. The minimum Gasteiger partial charge on any atom is -0.454 e. The third-order valence-corrected chi connectivity index (χ3v) is 4.65. The third kappa shape index (κ3) is 2.32. The number of carbonyl (C=O) groups excluding carboxylic acids is 1. The van der Waals surface area contributed by atoms with Crippen LogP contribution in [0.1, 0.15) is 33.6 Å². The highest BCUT2D eigenvalue weighted by atomic mass is 16.7. The highest BCUT2D eigenvalue weighted by molar-refractivity contribution is 5.99. The molecule has 26 heavy (non-hydrogen) atoms. The molecule has 5 rings (SSSR count). The van der Waals surface area contributed by atoms with E-state index >= 15 is 0 Å². The minimum atomic E-state index is -0.116. The molecule has 3 aromatic rings. The average Bonchev–Trinajstić information content (AvgIpc) is 3.33. The Morgan fingerprint density at radius 1 is 1.19 bits per heavy atom. The van der Waals surface area contributed by atoms with E-state index in [-0.39, 0.29) is 18.7 Å². The van der Waals surface area contributed by atoms with Gasteiger partial charge in [-0.3, -0.25) is 4.79 Å². The van der Waals surface area contributed by atoms with Gasteiger partial charge in [0, 0.05) is 18.1 Å². The highest BCUT2D eigenvalue weighted by Gasteiger charge is 2.29. The van der Waals surface area contributed by atoms with Crippen molar-refractivity contribution in [3.63, 3.8) is 0 Å². The SMILES string of the molecule is Cc1nc(C[C@H]2NC(=O)c3ccccc32)n(-c2ccc3c(c2)OCO3)n1. The van der Waals surface area contributed by atoms with Crippen LogP contribution in [0.4, 0.5) is 0 Å². The van der Waals surface area contributed by atoms with Crippen LogP contribution in [-0.4, -0.2) is 27.5 Å². The lowest BCUT2D eigenvalue weighted by atomic mass is 10.0. The molecule has 0 fully saturated rings. The number of carbonyl (C=O) groups is 1. The first-order chi connectivity index (χ1) is 12.7. The van der Waals surface area contributed by atoms with Crippen molar-refractivity contribution in [3.8, 4) is 17.2 Å². The molecule has 2 aliphatic heterocycles. The maximum Gasteiger partial charge on any atom is 0.252 e. The van der Waals surface area contributed by atoms with Crippen LogP contribution in [0, 0.1) is 6.92 Å². The molecule has 0 unspecified atom stereocenters. The van der Waals surface area contributed by atoms with Crippen molar-refractivity contribution in [2.45, 2.75) is 19.4 Å². The molecular formula is C19H16N4O3. The Morgan fingerprint density at radius 2 is 2.04 bits per heavy atom. The number of aryl methyl sites for hydroxylation is 1. The molecule has 130 valence electrons. The van der Waals surface area contributed by atoms with Gasteiger partial charge >= 0.3 is 0 Å². The number of benzene rings is 2. The van der Waals surface area contributed by atoms with Gasteiger partial charge in [-0.2, -0.15) is 5.10 Å². The molecule has 1 amide bonds. The van der Waals surface area contributed by atoms with Crippen LogP contribution in [0.2, 0.25) is 0 Å². The standard InChI is InChI=1S/C19H16N4O3/c1-11-20-18(9-15-13-4-2-3-5-14(13)19(24)21-15)23(22-11)12-6-7-16-17(8-12)26-10-25-16/h2-8,15H,9-10H2,1H3,(H,21,24)/t15-/m1/s1. The van der Waals surface area contributed by atoms with Gasteiger partial charge in [-0.05, 0) is 30.7 Å². The molecule has 3 heterocycles. The van der Waals surface area contributed by atoms with Gasteiger partial charge in [0.15, 0.2) is 11.5 Å². The van der Waals surface area contributed by atoms with Gasteiger partial charge in [0.2, 0.25) is 6.79 Å². The fourth-order valence-electron chi connectivity index (χ4n) is 3.48. The normalized spacial score (nSPS) is 17.3. The van der Waals surface area contributed by atoms with Crippen molar-refractivity contribution >= 4 is 5.91 Å². The van der Waals surface area contributed by atoms with Crippen LogP contribution in [-0.2, 0) is 6.42 Å². The molecule has 2 aliphatic rings. The predicted molar refractivity (Wildman–Crippen MR) is 92.6 cm³/mol. The molecule has 1 aromatic heterocycles. The lowest BCUT2D eigenvalue weighted by Crippen LogP contribution is -2.22. The molecule has 0 aliphatic carbocycles. The van der Waals surface area contributed by atoms with Crippen LogP contribution in [0.5, 0.6) is 11.5 Å². The van der Waals surface area contributed by atoms with Crippen molar-refractivity contribution in [3.05, 3.63) is 65.2 Å². The van der Waals surface area contributed by atoms with E-state index in [2.05, 4.69) is 15.4 Å². The zero-order valence-corrected chi connectivity index (χ0v) is 14.1. The Balaban J connectivity index is 1.51. The fraction of sp³-hybridized carbons (Fsp3) is 0.211. The van der Waals surface area contributed by atoms with E-state index in [1.807, 2.05) is 49.4 Å². The van der Waals surface area contributed by atoms with Crippen molar-refractivity contribution in [1.29, 1.82) is 0 Å². The number of amides is 1. The zero-order valence-electron chi connectivity index (χ0n) is 14.1. The summed E-state index contributed by atoms with van der Waals surface area (Å²) in [6.07, 6.45) is 0.554. The lowest BCUT2D eigenvalue weighted by Gasteiger charge is -2.12. The van der Waals surface area contributed by atoms with E-state index in [1.165, 1.54) is 0 Å². The Kier molecular flexibility index (Phi) is 3.21. The van der Waals surface area contributed by atoms with Gasteiger partial charge in [0.05, 0.1) is 11.7 Å².